The maximum atomic E-state index is 12.1. The van der Waals surface area contributed by atoms with Crippen molar-refractivity contribution in [3.63, 3.8) is 0 Å². The van der Waals surface area contributed by atoms with Crippen LogP contribution >= 0.6 is 0 Å². The minimum Gasteiger partial charge on any atom is -0.481 e. The summed E-state index contributed by atoms with van der Waals surface area (Å²) < 4.78 is 0. The number of carboxylic acids is 1. The van der Waals surface area contributed by atoms with Gasteiger partial charge in [-0.05, 0) is 24.1 Å². The molecule has 1 atom stereocenters. The third-order valence-electron chi connectivity index (χ3n) is 3.58. The molecule has 24 heavy (non-hydrogen) atoms. The minimum atomic E-state index is -1.02. The highest BCUT2D eigenvalue weighted by Gasteiger charge is 2.28. The van der Waals surface area contributed by atoms with Crippen LogP contribution < -0.4 is 22.1 Å². The van der Waals surface area contributed by atoms with E-state index >= 15 is 0 Å². The number of nitrogens with one attached hydrogen (secondary N) is 2. The average Bonchev–Trinajstić information content (AvgIpc) is 2.51. The second-order valence-electron chi connectivity index (χ2n) is 5.42. The number of hydrogen-bond donors (Lipinski definition) is 5. The van der Waals surface area contributed by atoms with Crippen LogP contribution in [0.2, 0.25) is 0 Å². The van der Waals surface area contributed by atoms with E-state index in [4.69, 9.17) is 16.6 Å². The van der Waals surface area contributed by atoms with Crippen molar-refractivity contribution in [3.8, 4) is 0 Å². The Morgan fingerprint density at radius 2 is 2.12 bits per heavy atom. The van der Waals surface area contributed by atoms with E-state index in [1.54, 1.807) is 18.2 Å². The van der Waals surface area contributed by atoms with Gasteiger partial charge in [0.15, 0.2) is 5.96 Å². The zero-order valence-corrected chi connectivity index (χ0v) is 12.9. The second kappa shape index (κ2) is 7.44. The van der Waals surface area contributed by atoms with E-state index in [1.807, 2.05) is 0 Å². The summed E-state index contributed by atoms with van der Waals surface area (Å²) in [6, 6.07) is 4.92. The number of fused-ring (bicyclic) bond motifs is 1. The molecule has 0 spiro atoms. The minimum absolute atomic E-state index is 0.0448. The number of hydrogen-bond acceptors (Lipinski definition) is 4. The molecule has 9 nitrogen and oxygen atoms in total. The van der Waals surface area contributed by atoms with Crippen molar-refractivity contribution in [1.29, 1.82) is 0 Å². The van der Waals surface area contributed by atoms with E-state index < -0.39 is 11.9 Å². The zero-order chi connectivity index (χ0) is 17.7. The Hall–Kier alpha value is -3.10. The molecular formula is C15H19N5O4. The highest BCUT2D eigenvalue weighted by atomic mass is 16.4. The van der Waals surface area contributed by atoms with Crippen LogP contribution in [0.5, 0.6) is 0 Å². The molecule has 9 heteroatoms. The molecule has 2 amide bonds. The van der Waals surface area contributed by atoms with Crippen LogP contribution in [0.1, 0.15) is 22.3 Å². The first-order valence-corrected chi connectivity index (χ1v) is 7.36. The monoisotopic (exact) mass is 333 g/mol. The molecule has 0 radical (unpaired) electrons. The highest BCUT2D eigenvalue weighted by molar-refractivity contribution is 6.00. The maximum Gasteiger partial charge on any atom is 0.304 e. The predicted octanol–water partition coefficient (Wildman–Crippen LogP) is -0.725. The Bertz CT molecular complexity index is 697. The molecule has 0 bridgehead atoms. The third-order valence-corrected chi connectivity index (χ3v) is 3.58. The van der Waals surface area contributed by atoms with Crippen LogP contribution in [-0.4, -0.2) is 41.9 Å². The van der Waals surface area contributed by atoms with Gasteiger partial charge in [0.1, 0.15) is 0 Å². The first kappa shape index (κ1) is 17.3. The van der Waals surface area contributed by atoms with E-state index in [0.29, 0.717) is 17.7 Å². The summed E-state index contributed by atoms with van der Waals surface area (Å²) in [4.78, 5) is 38.5. The van der Waals surface area contributed by atoms with Crippen molar-refractivity contribution in [2.24, 2.45) is 22.4 Å². The number of benzene rings is 1. The molecule has 1 aromatic carbocycles. The number of nitrogens with zero attached hydrogens (tertiary/aromatic N) is 1. The molecule has 1 heterocycles. The Morgan fingerprint density at radius 1 is 1.38 bits per heavy atom. The van der Waals surface area contributed by atoms with Crippen molar-refractivity contribution >= 4 is 29.4 Å². The number of nitrogens with two attached hydrogens (primary N) is 2. The van der Waals surface area contributed by atoms with Crippen LogP contribution in [0.15, 0.2) is 23.2 Å². The number of carbonyl (C=O) groups is 3. The van der Waals surface area contributed by atoms with Gasteiger partial charge in [-0.15, -0.1) is 0 Å². The van der Waals surface area contributed by atoms with Crippen molar-refractivity contribution in [1.82, 2.24) is 5.32 Å². The predicted molar refractivity (Wildman–Crippen MR) is 87.5 cm³/mol. The largest absolute Gasteiger partial charge is 0.481 e. The van der Waals surface area contributed by atoms with Gasteiger partial charge in [0, 0.05) is 17.8 Å². The van der Waals surface area contributed by atoms with Gasteiger partial charge in [-0.1, -0.05) is 6.07 Å². The summed E-state index contributed by atoms with van der Waals surface area (Å²) in [5.74, 6) is -2.33. The van der Waals surface area contributed by atoms with Crippen LogP contribution in [0, 0.1) is 5.92 Å². The number of amides is 2. The third kappa shape index (κ3) is 4.45. The fourth-order valence-corrected chi connectivity index (χ4v) is 2.44. The standard InChI is InChI=1S/C15H19N5O4/c16-15(17)19-4-3-18-13(23)9-2-1-8-5-10(7-12(21)22)14(24)20-11(8)6-9/h1-2,6,10H,3-5,7H2,(H,18,23)(H,20,24)(H,21,22)(H4,16,17,19). The molecule has 0 aromatic heterocycles. The number of carbonyl (C=O) groups excluding carboxylic acids is 2. The van der Waals surface area contributed by atoms with E-state index in [-0.39, 0.29) is 37.3 Å². The number of aliphatic carboxylic acids is 1. The van der Waals surface area contributed by atoms with E-state index in [1.165, 1.54) is 0 Å². The number of rotatable bonds is 6. The van der Waals surface area contributed by atoms with E-state index in [0.717, 1.165) is 5.56 Å². The van der Waals surface area contributed by atoms with Gasteiger partial charge in [-0.25, -0.2) is 0 Å². The molecule has 0 saturated carbocycles. The van der Waals surface area contributed by atoms with Gasteiger partial charge in [0.05, 0.1) is 18.9 Å². The van der Waals surface area contributed by atoms with Crippen molar-refractivity contribution in [2.45, 2.75) is 12.8 Å². The lowest BCUT2D eigenvalue weighted by Gasteiger charge is -2.24. The summed E-state index contributed by atoms with van der Waals surface area (Å²) in [5.41, 5.74) is 12.1. The summed E-state index contributed by atoms with van der Waals surface area (Å²) in [7, 11) is 0. The van der Waals surface area contributed by atoms with Gasteiger partial charge in [0.25, 0.3) is 5.91 Å². The zero-order valence-electron chi connectivity index (χ0n) is 12.9. The SMILES string of the molecule is NC(N)=NCCNC(=O)c1ccc2c(c1)NC(=O)C(CC(=O)O)C2. The lowest BCUT2D eigenvalue weighted by atomic mass is 9.90. The molecule has 1 unspecified atom stereocenters. The van der Waals surface area contributed by atoms with Crippen molar-refractivity contribution in [2.75, 3.05) is 18.4 Å². The van der Waals surface area contributed by atoms with Crippen LogP contribution in [0.3, 0.4) is 0 Å². The quantitative estimate of drug-likeness (QED) is 0.262. The first-order chi connectivity index (χ1) is 11.4. The summed E-state index contributed by atoms with van der Waals surface area (Å²) >= 11 is 0. The van der Waals surface area contributed by atoms with Gasteiger partial charge in [0.2, 0.25) is 5.91 Å². The highest BCUT2D eigenvalue weighted by Crippen LogP contribution is 2.28. The maximum absolute atomic E-state index is 12.1. The Kier molecular flexibility index (Phi) is 5.35. The van der Waals surface area contributed by atoms with E-state index in [2.05, 4.69) is 15.6 Å². The van der Waals surface area contributed by atoms with Gasteiger partial charge in [-0.2, -0.15) is 0 Å². The molecule has 0 aliphatic carbocycles. The normalized spacial score (nSPS) is 15.8. The van der Waals surface area contributed by atoms with Crippen LogP contribution in [-0.2, 0) is 16.0 Å². The topological polar surface area (TPSA) is 160 Å². The summed E-state index contributed by atoms with van der Waals surface area (Å²) in [6.07, 6.45) is 0.109. The number of aliphatic imine (C=N–C) groups is 1. The van der Waals surface area contributed by atoms with Crippen molar-refractivity contribution < 1.29 is 19.5 Å². The van der Waals surface area contributed by atoms with Gasteiger partial charge >= 0.3 is 5.97 Å². The fraction of sp³-hybridized carbons (Fsp3) is 0.333. The summed E-state index contributed by atoms with van der Waals surface area (Å²) in [5, 5.41) is 14.1. The molecule has 2 rings (SSSR count). The molecule has 7 N–H and O–H groups in total. The Balaban J connectivity index is 2.03. The van der Waals surface area contributed by atoms with Gasteiger partial charge < -0.3 is 27.2 Å². The molecule has 128 valence electrons. The average molecular weight is 333 g/mol. The fourth-order valence-electron chi connectivity index (χ4n) is 2.44. The van der Waals surface area contributed by atoms with Crippen LogP contribution in [0.4, 0.5) is 5.69 Å². The number of carboxylic acid groups (broad SMARTS) is 1. The second-order valence-corrected chi connectivity index (χ2v) is 5.42. The molecule has 0 saturated heterocycles. The van der Waals surface area contributed by atoms with Crippen LogP contribution in [0.25, 0.3) is 0 Å². The Labute approximate surface area is 138 Å². The molecule has 1 aromatic rings. The number of guanidine groups is 1. The first-order valence-electron chi connectivity index (χ1n) is 7.36. The van der Waals surface area contributed by atoms with Crippen molar-refractivity contribution in [3.05, 3.63) is 29.3 Å². The lowest BCUT2D eigenvalue weighted by Crippen LogP contribution is -2.32. The van der Waals surface area contributed by atoms with Gasteiger partial charge in [-0.3, -0.25) is 19.4 Å². The molecule has 1 aliphatic rings. The molecule has 1 aliphatic heterocycles. The Morgan fingerprint density at radius 3 is 2.79 bits per heavy atom. The smallest absolute Gasteiger partial charge is 0.304 e. The van der Waals surface area contributed by atoms with E-state index in [9.17, 15) is 14.4 Å². The number of anilines is 1. The molecule has 0 fully saturated rings. The molecular weight excluding hydrogens is 314 g/mol. The lowest BCUT2D eigenvalue weighted by molar-refractivity contribution is -0.140. The summed E-state index contributed by atoms with van der Waals surface area (Å²) in [6.45, 7) is 0.549.